The molecule has 6 heteroatoms. The molecule has 2 amide bonds. The van der Waals surface area contributed by atoms with Gasteiger partial charge >= 0.3 is 0 Å². The molecule has 0 radical (unpaired) electrons. The minimum absolute atomic E-state index is 0.0384. The molecule has 1 aliphatic heterocycles. The fourth-order valence-electron chi connectivity index (χ4n) is 2.78. The smallest absolute Gasteiger partial charge is 0.255 e. The summed E-state index contributed by atoms with van der Waals surface area (Å²) in [6, 6.07) is 9.51. The van der Waals surface area contributed by atoms with Crippen LogP contribution < -0.4 is 5.32 Å². The normalized spacial score (nSPS) is 20.8. The van der Waals surface area contributed by atoms with Crippen LogP contribution in [0.2, 0.25) is 0 Å². The van der Waals surface area contributed by atoms with Gasteiger partial charge in [-0.3, -0.25) is 9.59 Å². The van der Waals surface area contributed by atoms with Crippen LogP contribution in [0.15, 0.2) is 30.3 Å². The molecule has 1 saturated heterocycles. The van der Waals surface area contributed by atoms with Crippen LogP contribution in [0.4, 0.5) is 0 Å². The maximum atomic E-state index is 12.6. The summed E-state index contributed by atoms with van der Waals surface area (Å²) >= 11 is 1.63. The van der Waals surface area contributed by atoms with Crippen LogP contribution in [-0.2, 0) is 4.79 Å². The predicted octanol–water partition coefficient (Wildman–Crippen LogP) is 1.41. The zero-order valence-corrected chi connectivity index (χ0v) is 14.2. The van der Waals surface area contributed by atoms with E-state index in [4.69, 9.17) is 0 Å². The number of nitrogens with zero attached hydrogens (tertiary/aromatic N) is 2. The molecule has 3 rings (SSSR count). The second-order valence-corrected chi connectivity index (χ2v) is 7.16. The number of carbonyl (C=O) groups excluding carboxylic acids is 2. The molecule has 2 aliphatic rings. The van der Waals surface area contributed by atoms with Gasteiger partial charge in [0, 0.05) is 30.4 Å². The largest absolute Gasteiger partial charge is 0.353 e. The van der Waals surface area contributed by atoms with Gasteiger partial charge in [0.2, 0.25) is 5.91 Å². The average Bonchev–Trinajstić information content (AvgIpc) is 3.31. The number of nitrogens with one attached hydrogen (secondary N) is 1. The Bertz CT molecular complexity index is 562. The van der Waals surface area contributed by atoms with Gasteiger partial charge in [0.25, 0.3) is 5.91 Å². The van der Waals surface area contributed by atoms with E-state index in [1.54, 1.807) is 28.8 Å². The first kappa shape index (κ1) is 16.3. The highest BCUT2D eigenvalue weighted by atomic mass is 32.2. The molecular formula is C17H23N3O2S. The van der Waals surface area contributed by atoms with Gasteiger partial charge in [0.1, 0.15) is 6.04 Å². The molecule has 0 spiro atoms. The third-order valence-corrected chi connectivity index (χ3v) is 5.41. The van der Waals surface area contributed by atoms with E-state index >= 15 is 0 Å². The number of rotatable bonds is 6. The summed E-state index contributed by atoms with van der Waals surface area (Å²) in [6.07, 6.45) is 2.53. The quantitative estimate of drug-likeness (QED) is 0.855. The van der Waals surface area contributed by atoms with Crippen LogP contribution in [0, 0.1) is 0 Å². The van der Waals surface area contributed by atoms with E-state index in [9.17, 15) is 9.59 Å². The first-order valence-corrected chi connectivity index (χ1v) is 9.24. The van der Waals surface area contributed by atoms with Gasteiger partial charge in [-0.05, 0) is 32.0 Å². The number of hydrogen-bond donors (Lipinski definition) is 1. The fourth-order valence-corrected chi connectivity index (χ4v) is 3.93. The van der Waals surface area contributed by atoms with Crippen molar-refractivity contribution in [1.29, 1.82) is 0 Å². The molecule has 1 N–H and O–H groups in total. The van der Waals surface area contributed by atoms with Crippen LogP contribution in [0.1, 0.15) is 23.2 Å². The molecule has 2 fully saturated rings. The SMILES string of the molecule is CN(CCNC(=O)C1CSCN1C(=O)c1ccccc1)C1CC1. The zero-order chi connectivity index (χ0) is 16.2. The molecule has 1 aromatic rings. The van der Waals surface area contributed by atoms with Crippen LogP contribution in [0.3, 0.4) is 0 Å². The summed E-state index contributed by atoms with van der Waals surface area (Å²) in [4.78, 5) is 29.0. The van der Waals surface area contributed by atoms with Gasteiger partial charge in [-0.2, -0.15) is 0 Å². The Kier molecular flexibility index (Phi) is 5.23. The highest BCUT2D eigenvalue weighted by molar-refractivity contribution is 7.99. The van der Waals surface area contributed by atoms with Gasteiger partial charge in [-0.25, -0.2) is 0 Å². The Hall–Kier alpha value is -1.53. The molecule has 1 atom stereocenters. The number of benzene rings is 1. The Morgan fingerprint density at radius 1 is 1.30 bits per heavy atom. The Labute approximate surface area is 141 Å². The molecule has 5 nitrogen and oxygen atoms in total. The van der Waals surface area contributed by atoms with Gasteiger partial charge < -0.3 is 15.1 Å². The average molecular weight is 333 g/mol. The third-order valence-electron chi connectivity index (χ3n) is 4.40. The van der Waals surface area contributed by atoms with Crippen molar-refractivity contribution in [2.75, 3.05) is 31.8 Å². The standard InChI is InChI=1S/C17H23N3O2S/c1-19(14-7-8-14)10-9-18-16(21)15-11-23-12-20(15)17(22)13-5-3-2-4-6-13/h2-6,14-15H,7-12H2,1H3,(H,18,21). The molecule has 1 aliphatic carbocycles. The van der Waals surface area contributed by atoms with Crippen molar-refractivity contribution in [3.63, 3.8) is 0 Å². The minimum Gasteiger partial charge on any atom is -0.353 e. The maximum Gasteiger partial charge on any atom is 0.255 e. The van der Waals surface area contributed by atoms with Crippen molar-refractivity contribution in [2.45, 2.75) is 24.9 Å². The van der Waals surface area contributed by atoms with E-state index in [0.717, 1.165) is 6.54 Å². The van der Waals surface area contributed by atoms with Crippen LogP contribution in [0.25, 0.3) is 0 Å². The first-order chi connectivity index (χ1) is 11.2. The van der Waals surface area contributed by atoms with E-state index in [2.05, 4.69) is 17.3 Å². The van der Waals surface area contributed by atoms with Crippen molar-refractivity contribution in [3.05, 3.63) is 35.9 Å². The number of thioether (sulfide) groups is 1. The maximum absolute atomic E-state index is 12.6. The second kappa shape index (κ2) is 7.36. The van der Waals surface area contributed by atoms with E-state index < -0.39 is 0 Å². The molecule has 1 heterocycles. The lowest BCUT2D eigenvalue weighted by atomic mass is 10.1. The minimum atomic E-state index is -0.362. The number of likely N-dealkylation sites (N-methyl/N-ethyl adjacent to an activating group) is 1. The molecule has 1 aromatic carbocycles. The van der Waals surface area contributed by atoms with Crippen LogP contribution in [-0.4, -0.2) is 65.5 Å². The van der Waals surface area contributed by atoms with E-state index in [0.29, 0.717) is 29.8 Å². The number of hydrogen-bond acceptors (Lipinski definition) is 4. The Morgan fingerprint density at radius 2 is 2.04 bits per heavy atom. The van der Waals surface area contributed by atoms with Crippen molar-refractivity contribution < 1.29 is 9.59 Å². The highest BCUT2D eigenvalue weighted by Gasteiger charge is 2.35. The molecule has 1 saturated carbocycles. The van der Waals surface area contributed by atoms with Crippen LogP contribution in [0.5, 0.6) is 0 Å². The van der Waals surface area contributed by atoms with Crippen molar-refractivity contribution in [1.82, 2.24) is 15.1 Å². The molecule has 1 unspecified atom stereocenters. The predicted molar refractivity (Wildman–Crippen MR) is 92.4 cm³/mol. The lowest BCUT2D eigenvalue weighted by molar-refractivity contribution is -0.124. The molecule has 0 bridgehead atoms. The fraction of sp³-hybridized carbons (Fsp3) is 0.529. The second-order valence-electron chi connectivity index (χ2n) is 6.16. The van der Waals surface area contributed by atoms with Crippen molar-refractivity contribution in [3.8, 4) is 0 Å². The zero-order valence-electron chi connectivity index (χ0n) is 13.4. The van der Waals surface area contributed by atoms with Gasteiger partial charge in [0.15, 0.2) is 0 Å². The van der Waals surface area contributed by atoms with Crippen molar-refractivity contribution >= 4 is 23.6 Å². The number of carbonyl (C=O) groups is 2. The molecule has 23 heavy (non-hydrogen) atoms. The van der Waals surface area contributed by atoms with E-state index in [1.165, 1.54) is 12.8 Å². The van der Waals surface area contributed by atoms with Gasteiger partial charge in [-0.1, -0.05) is 18.2 Å². The van der Waals surface area contributed by atoms with Gasteiger partial charge in [0.05, 0.1) is 5.88 Å². The van der Waals surface area contributed by atoms with E-state index in [-0.39, 0.29) is 17.9 Å². The third kappa shape index (κ3) is 4.06. The van der Waals surface area contributed by atoms with Gasteiger partial charge in [-0.15, -0.1) is 11.8 Å². The summed E-state index contributed by atoms with van der Waals surface area (Å²) in [5.74, 6) is 1.14. The Balaban J connectivity index is 1.53. The monoisotopic (exact) mass is 333 g/mol. The summed E-state index contributed by atoms with van der Waals surface area (Å²) in [6.45, 7) is 1.50. The van der Waals surface area contributed by atoms with Crippen LogP contribution >= 0.6 is 11.8 Å². The summed E-state index contributed by atoms with van der Waals surface area (Å²) in [5, 5.41) is 2.99. The molecular weight excluding hydrogens is 310 g/mol. The first-order valence-electron chi connectivity index (χ1n) is 8.08. The topological polar surface area (TPSA) is 52.7 Å². The van der Waals surface area contributed by atoms with E-state index in [1.807, 2.05) is 18.2 Å². The Morgan fingerprint density at radius 3 is 2.74 bits per heavy atom. The lowest BCUT2D eigenvalue weighted by Gasteiger charge is -2.24. The molecule has 0 aromatic heterocycles. The summed E-state index contributed by atoms with van der Waals surface area (Å²) in [7, 11) is 2.10. The summed E-state index contributed by atoms with van der Waals surface area (Å²) in [5.41, 5.74) is 0.640. The summed E-state index contributed by atoms with van der Waals surface area (Å²) < 4.78 is 0. The molecule has 124 valence electrons. The lowest BCUT2D eigenvalue weighted by Crippen LogP contribution is -2.48. The number of amides is 2. The van der Waals surface area contributed by atoms with Crippen molar-refractivity contribution in [2.24, 2.45) is 0 Å². The highest BCUT2D eigenvalue weighted by Crippen LogP contribution is 2.25.